The number of halogens is 3. The van der Waals surface area contributed by atoms with E-state index in [9.17, 15) is 13.2 Å². The van der Waals surface area contributed by atoms with E-state index in [0.717, 1.165) is 25.5 Å². The molecule has 7 heteroatoms. The molecule has 4 nitrogen and oxygen atoms in total. The molecular formula is C18H26F3N3O. The molecule has 0 bridgehead atoms. The monoisotopic (exact) mass is 357 g/mol. The van der Waals surface area contributed by atoms with E-state index in [1.165, 1.54) is 12.1 Å². The van der Waals surface area contributed by atoms with Crippen LogP contribution in [0.3, 0.4) is 0 Å². The van der Waals surface area contributed by atoms with Gasteiger partial charge in [-0.1, -0.05) is 32.0 Å². The summed E-state index contributed by atoms with van der Waals surface area (Å²) >= 11 is 0. The van der Waals surface area contributed by atoms with Crippen LogP contribution in [-0.4, -0.2) is 38.8 Å². The Morgan fingerprint density at radius 2 is 1.96 bits per heavy atom. The van der Waals surface area contributed by atoms with Gasteiger partial charge in [-0.05, 0) is 24.5 Å². The van der Waals surface area contributed by atoms with Crippen LogP contribution in [0.2, 0.25) is 0 Å². The van der Waals surface area contributed by atoms with Gasteiger partial charge in [-0.2, -0.15) is 13.2 Å². The predicted octanol–water partition coefficient (Wildman–Crippen LogP) is 3.33. The molecule has 1 aromatic rings. The van der Waals surface area contributed by atoms with Crippen molar-refractivity contribution in [1.82, 2.24) is 10.6 Å². The molecule has 1 heterocycles. The molecule has 1 atom stereocenters. The van der Waals surface area contributed by atoms with Crippen molar-refractivity contribution in [1.29, 1.82) is 0 Å². The molecule has 1 fully saturated rings. The quantitative estimate of drug-likeness (QED) is 0.628. The molecule has 2 N–H and O–H groups in total. The second kappa shape index (κ2) is 8.08. The Labute approximate surface area is 146 Å². The fraction of sp³-hybridized carbons (Fsp3) is 0.611. The molecule has 25 heavy (non-hydrogen) atoms. The summed E-state index contributed by atoms with van der Waals surface area (Å²) in [6.07, 6.45) is -2.05. The van der Waals surface area contributed by atoms with Gasteiger partial charge in [0.05, 0.1) is 11.7 Å². The van der Waals surface area contributed by atoms with Gasteiger partial charge in [-0.25, -0.2) is 0 Å². The number of nitrogens with zero attached hydrogens (tertiary/aromatic N) is 1. The minimum absolute atomic E-state index is 0.190. The number of nitrogens with one attached hydrogen (secondary N) is 2. The van der Waals surface area contributed by atoms with Crippen LogP contribution < -0.4 is 10.6 Å². The zero-order valence-corrected chi connectivity index (χ0v) is 14.9. The largest absolute Gasteiger partial charge is 0.416 e. The highest BCUT2D eigenvalue weighted by atomic mass is 19.4. The molecule has 0 aliphatic carbocycles. The Kier molecular flexibility index (Phi) is 6.32. The summed E-state index contributed by atoms with van der Waals surface area (Å²) in [5.74, 6) is 0.621. The zero-order valence-electron chi connectivity index (χ0n) is 14.9. The Morgan fingerprint density at radius 3 is 2.56 bits per heavy atom. The molecule has 0 aromatic heterocycles. The van der Waals surface area contributed by atoms with Crippen LogP contribution in [0.1, 0.15) is 37.8 Å². The third-order valence-electron chi connectivity index (χ3n) is 4.41. The Balaban J connectivity index is 1.95. The molecule has 0 saturated carbocycles. The number of hydrogen-bond acceptors (Lipinski definition) is 2. The summed E-state index contributed by atoms with van der Waals surface area (Å²) < 4.78 is 44.3. The van der Waals surface area contributed by atoms with Crippen LogP contribution in [0.25, 0.3) is 0 Å². The van der Waals surface area contributed by atoms with Crippen molar-refractivity contribution >= 4 is 5.96 Å². The van der Waals surface area contributed by atoms with Gasteiger partial charge in [0, 0.05) is 32.2 Å². The molecular weight excluding hydrogens is 331 g/mol. The van der Waals surface area contributed by atoms with E-state index >= 15 is 0 Å². The van der Waals surface area contributed by atoms with Crippen LogP contribution in [0.5, 0.6) is 0 Å². The highest BCUT2D eigenvalue weighted by Gasteiger charge is 2.32. The maximum absolute atomic E-state index is 12.9. The van der Waals surface area contributed by atoms with Crippen LogP contribution >= 0.6 is 0 Å². The molecule has 0 amide bonds. The van der Waals surface area contributed by atoms with E-state index in [1.807, 2.05) is 13.8 Å². The number of aliphatic imine (C=N–C) groups is 1. The summed E-state index contributed by atoms with van der Waals surface area (Å²) in [6, 6.07) is 5.48. The fourth-order valence-electron chi connectivity index (χ4n) is 2.76. The lowest BCUT2D eigenvalue weighted by atomic mass is 9.84. The third kappa shape index (κ3) is 5.63. The minimum atomic E-state index is -4.33. The number of hydrogen-bond donors (Lipinski definition) is 2. The van der Waals surface area contributed by atoms with Crippen molar-refractivity contribution in [3.05, 3.63) is 35.4 Å². The molecule has 2 rings (SSSR count). The molecule has 0 spiro atoms. The SMILES string of the molecule is CN=C(NCC1CCCO1)NCC(C)(C)c1cccc(C(F)(F)F)c1. The Hall–Kier alpha value is -1.76. The van der Waals surface area contributed by atoms with E-state index in [0.29, 0.717) is 24.6 Å². The lowest BCUT2D eigenvalue weighted by Gasteiger charge is -2.27. The predicted molar refractivity (Wildman–Crippen MR) is 92.8 cm³/mol. The van der Waals surface area contributed by atoms with Gasteiger partial charge in [-0.15, -0.1) is 0 Å². The average molecular weight is 357 g/mol. The van der Waals surface area contributed by atoms with E-state index in [-0.39, 0.29) is 6.10 Å². The first-order chi connectivity index (χ1) is 11.7. The average Bonchev–Trinajstić information content (AvgIpc) is 3.08. The van der Waals surface area contributed by atoms with Crippen molar-refractivity contribution in [3.8, 4) is 0 Å². The zero-order chi connectivity index (χ0) is 18.5. The molecule has 1 aliphatic rings. The van der Waals surface area contributed by atoms with Gasteiger partial charge in [0.25, 0.3) is 0 Å². The van der Waals surface area contributed by atoms with Crippen LogP contribution in [-0.2, 0) is 16.3 Å². The third-order valence-corrected chi connectivity index (χ3v) is 4.41. The van der Waals surface area contributed by atoms with Crippen molar-refractivity contribution < 1.29 is 17.9 Å². The number of benzene rings is 1. The maximum atomic E-state index is 12.9. The Bertz CT molecular complexity index is 593. The smallest absolute Gasteiger partial charge is 0.376 e. The summed E-state index contributed by atoms with van der Waals surface area (Å²) in [7, 11) is 1.67. The number of rotatable bonds is 5. The maximum Gasteiger partial charge on any atom is 0.416 e. The second-order valence-corrected chi connectivity index (χ2v) is 6.90. The molecule has 1 aliphatic heterocycles. The van der Waals surface area contributed by atoms with Gasteiger partial charge in [-0.3, -0.25) is 4.99 Å². The first kappa shape index (κ1) is 19.6. The highest BCUT2D eigenvalue weighted by Crippen LogP contribution is 2.32. The van der Waals surface area contributed by atoms with Crippen LogP contribution in [0, 0.1) is 0 Å². The summed E-state index contributed by atoms with van der Waals surface area (Å²) in [5, 5.41) is 6.40. The van der Waals surface area contributed by atoms with Gasteiger partial charge in [0.1, 0.15) is 0 Å². The molecule has 1 saturated heterocycles. The lowest BCUT2D eigenvalue weighted by Crippen LogP contribution is -2.45. The van der Waals surface area contributed by atoms with Gasteiger partial charge >= 0.3 is 6.18 Å². The van der Waals surface area contributed by atoms with E-state index < -0.39 is 17.2 Å². The van der Waals surface area contributed by atoms with Crippen LogP contribution in [0.4, 0.5) is 13.2 Å². The molecule has 0 radical (unpaired) electrons. The number of alkyl halides is 3. The van der Waals surface area contributed by atoms with Crippen LogP contribution in [0.15, 0.2) is 29.3 Å². The number of ether oxygens (including phenoxy) is 1. The molecule has 140 valence electrons. The molecule has 1 unspecified atom stereocenters. The summed E-state index contributed by atoms with van der Waals surface area (Å²) in [6.45, 7) is 5.73. The number of guanidine groups is 1. The summed E-state index contributed by atoms with van der Waals surface area (Å²) in [4.78, 5) is 4.16. The normalized spacial score (nSPS) is 19.1. The Morgan fingerprint density at radius 1 is 1.24 bits per heavy atom. The summed E-state index contributed by atoms with van der Waals surface area (Å²) in [5.41, 5.74) is -0.480. The van der Waals surface area contributed by atoms with Gasteiger partial charge in [0.15, 0.2) is 5.96 Å². The van der Waals surface area contributed by atoms with E-state index in [1.54, 1.807) is 13.1 Å². The van der Waals surface area contributed by atoms with E-state index in [2.05, 4.69) is 15.6 Å². The lowest BCUT2D eigenvalue weighted by molar-refractivity contribution is -0.137. The van der Waals surface area contributed by atoms with Crippen molar-refractivity contribution in [2.75, 3.05) is 26.7 Å². The molecule has 1 aromatic carbocycles. The first-order valence-electron chi connectivity index (χ1n) is 8.46. The van der Waals surface area contributed by atoms with Crippen molar-refractivity contribution in [2.24, 2.45) is 4.99 Å². The first-order valence-corrected chi connectivity index (χ1v) is 8.46. The second-order valence-electron chi connectivity index (χ2n) is 6.90. The van der Waals surface area contributed by atoms with E-state index in [4.69, 9.17) is 4.74 Å². The van der Waals surface area contributed by atoms with Gasteiger partial charge < -0.3 is 15.4 Å². The minimum Gasteiger partial charge on any atom is -0.376 e. The standard InChI is InChI=1S/C18H26F3N3O/c1-17(2,13-6-4-7-14(10-13)18(19,20)21)12-24-16(22-3)23-11-15-8-5-9-25-15/h4,6-7,10,15H,5,8-9,11-12H2,1-3H3,(H2,22,23,24). The van der Waals surface area contributed by atoms with Crippen molar-refractivity contribution in [3.63, 3.8) is 0 Å². The topological polar surface area (TPSA) is 45.7 Å². The fourth-order valence-corrected chi connectivity index (χ4v) is 2.76. The van der Waals surface area contributed by atoms with Gasteiger partial charge in [0.2, 0.25) is 0 Å². The highest BCUT2D eigenvalue weighted by molar-refractivity contribution is 5.79. The van der Waals surface area contributed by atoms with Crippen molar-refractivity contribution in [2.45, 2.75) is 44.4 Å².